The molecule has 3 rings (SSSR count). The summed E-state index contributed by atoms with van der Waals surface area (Å²) in [5.74, 6) is -2.19. The van der Waals surface area contributed by atoms with Crippen LogP contribution in [0.3, 0.4) is 0 Å². The minimum atomic E-state index is -0.936. The van der Waals surface area contributed by atoms with Crippen molar-refractivity contribution in [2.24, 2.45) is 0 Å². The first-order valence-corrected chi connectivity index (χ1v) is 15.1. The third-order valence-electron chi connectivity index (χ3n) is 7.82. The number of likely N-dealkylation sites (tertiary alicyclic amines) is 1. The van der Waals surface area contributed by atoms with Gasteiger partial charge in [0.15, 0.2) is 0 Å². The maximum atomic E-state index is 14.9. The van der Waals surface area contributed by atoms with Gasteiger partial charge in [-0.25, -0.2) is 4.39 Å². The standard InChI is InChI=1S/C34H46FNO3/c1-3-4-5-6-7-8-9-10-11-12-13-14-15-18-25-36-31(28-19-16-17-20-29(28)35)30(33(38)34(36)39)32(37)27-23-21-26(2)22-24-27/h16-17,19-24,31,37H,3-15,18,25H2,1-2H3/b32-30+/t31-/m0/s1. The number of benzene rings is 2. The van der Waals surface area contributed by atoms with Crippen LogP contribution < -0.4 is 0 Å². The Bertz CT molecular complexity index is 1090. The van der Waals surface area contributed by atoms with Gasteiger partial charge in [-0.05, 0) is 19.4 Å². The van der Waals surface area contributed by atoms with Crippen molar-refractivity contribution in [2.45, 2.75) is 110 Å². The number of aryl methyl sites for hydroxylation is 1. The highest BCUT2D eigenvalue weighted by atomic mass is 19.1. The van der Waals surface area contributed by atoms with Crippen molar-refractivity contribution in [1.29, 1.82) is 0 Å². The second kappa shape index (κ2) is 16.2. The van der Waals surface area contributed by atoms with Crippen molar-refractivity contribution in [3.05, 3.63) is 76.6 Å². The largest absolute Gasteiger partial charge is 0.507 e. The molecule has 212 valence electrons. The molecule has 0 spiro atoms. The summed E-state index contributed by atoms with van der Waals surface area (Å²) in [6, 6.07) is 12.3. The predicted octanol–water partition coefficient (Wildman–Crippen LogP) is 9.04. The maximum absolute atomic E-state index is 14.9. The minimum Gasteiger partial charge on any atom is -0.507 e. The molecule has 1 heterocycles. The fourth-order valence-electron chi connectivity index (χ4n) is 5.47. The van der Waals surface area contributed by atoms with E-state index in [-0.39, 0.29) is 16.9 Å². The monoisotopic (exact) mass is 535 g/mol. The van der Waals surface area contributed by atoms with Crippen LogP contribution in [0.4, 0.5) is 4.39 Å². The van der Waals surface area contributed by atoms with Crippen molar-refractivity contribution in [1.82, 2.24) is 4.90 Å². The van der Waals surface area contributed by atoms with E-state index >= 15 is 0 Å². The molecular weight excluding hydrogens is 489 g/mol. The van der Waals surface area contributed by atoms with Crippen LogP contribution in [0.25, 0.3) is 5.76 Å². The fraction of sp³-hybridized carbons (Fsp3) is 0.529. The third-order valence-corrected chi connectivity index (χ3v) is 7.82. The van der Waals surface area contributed by atoms with E-state index in [0.717, 1.165) is 24.8 Å². The number of hydrogen-bond donors (Lipinski definition) is 1. The molecule has 0 aromatic heterocycles. The number of Topliss-reactive ketones (excluding diaryl/α,β-unsaturated/α-hetero) is 1. The molecular formula is C34H46FNO3. The number of amides is 1. The van der Waals surface area contributed by atoms with Crippen LogP contribution in [-0.4, -0.2) is 28.2 Å². The number of halogens is 1. The van der Waals surface area contributed by atoms with Crippen LogP contribution in [0, 0.1) is 12.7 Å². The van der Waals surface area contributed by atoms with Gasteiger partial charge in [0.05, 0.1) is 11.6 Å². The van der Waals surface area contributed by atoms with E-state index in [1.165, 1.54) is 81.6 Å². The molecule has 2 aromatic rings. The summed E-state index contributed by atoms with van der Waals surface area (Å²) in [7, 11) is 0. The van der Waals surface area contributed by atoms with Gasteiger partial charge in [0.1, 0.15) is 11.6 Å². The lowest BCUT2D eigenvalue weighted by Gasteiger charge is -2.25. The molecule has 1 aliphatic heterocycles. The van der Waals surface area contributed by atoms with E-state index in [0.29, 0.717) is 12.1 Å². The van der Waals surface area contributed by atoms with Gasteiger partial charge >= 0.3 is 0 Å². The highest BCUT2D eigenvalue weighted by molar-refractivity contribution is 6.46. The van der Waals surface area contributed by atoms with E-state index in [1.54, 1.807) is 30.3 Å². The quantitative estimate of drug-likeness (QED) is 0.0951. The van der Waals surface area contributed by atoms with Gasteiger partial charge < -0.3 is 10.0 Å². The Hall–Kier alpha value is -2.95. The molecule has 0 radical (unpaired) electrons. The van der Waals surface area contributed by atoms with Crippen LogP contribution in [0.5, 0.6) is 0 Å². The molecule has 0 saturated carbocycles. The lowest BCUT2D eigenvalue weighted by atomic mass is 9.94. The van der Waals surface area contributed by atoms with Crippen LogP contribution in [0.2, 0.25) is 0 Å². The van der Waals surface area contributed by atoms with Gasteiger partial charge in [-0.15, -0.1) is 0 Å². The summed E-state index contributed by atoms with van der Waals surface area (Å²) in [5, 5.41) is 11.1. The normalized spacial score (nSPS) is 16.8. The van der Waals surface area contributed by atoms with Crippen LogP contribution in [0.15, 0.2) is 54.1 Å². The minimum absolute atomic E-state index is 0.0423. The Labute approximate surface area is 234 Å². The molecule has 1 atom stereocenters. The zero-order chi connectivity index (χ0) is 28.0. The summed E-state index contributed by atoms with van der Waals surface area (Å²) in [5.41, 5.74) is 1.64. The molecule has 1 amide bonds. The van der Waals surface area contributed by atoms with E-state index in [4.69, 9.17) is 0 Å². The van der Waals surface area contributed by atoms with Crippen LogP contribution in [-0.2, 0) is 9.59 Å². The number of carbonyl (C=O) groups is 2. The number of aliphatic hydroxyl groups is 1. The number of aliphatic hydroxyl groups excluding tert-OH is 1. The second-order valence-corrected chi connectivity index (χ2v) is 11.0. The molecule has 2 aromatic carbocycles. The molecule has 5 heteroatoms. The summed E-state index contributed by atoms with van der Waals surface area (Å²) in [6.07, 6.45) is 17.2. The van der Waals surface area contributed by atoms with Gasteiger partial charge in [0.25, 0.3) is 11.7 Å². The van der Waals surface area contributed by atoms with Gasteiger partial charge in [0.2, 0.25) is 0 Å². The average molecular weight is 536 g/mol. The topological polar surface area (TPSA) is 57.6 Å². The molecule has 0 aliphatic carbocycles. The molecule has 1 aliphatic rings. The SMILES string of the molecule is CCCCCCCCCCCCCCCCN1C(=O)C(=O)/C(=C(/O)c2ccc(C)cc2)[C@@H]1c1ccccc1F. The first kappa shape index (κ1) is 30.6. The third kappa shape index (κ3) is 8.78. The highest BCUT2D eigenvalue weighted by Crippen LogP contribution is 2.40. The van der Waals surface area contributed by atoms with E-state index in [9.17, 15) is 19.1 Å². The molecule has 0 unspecified atom stereocenters. The molecule has 1 fully saturated rings. The van der Waals surface area contributed by atoms with Crippen LogP contribution >= 0.6 is 0 Å². The summed E-state index contributed by atoms with van der Waals surface area (Å²) in [6.45, 7) is 4.53. The van der Waals surface area contributed by atoms with Crippen molar-refractivity contribution in [2.75, 3.05) is 6.54 Å². The molecule has 1 saturated heterocycles. The van der Waals surface area contributed by atoms with Crippen LogP contribution in [0.1, 0.15) is 120 Å². The first-order chi connectivity index (χ1) is 19.0. The van der Waals surface area contributed by atoms with E-state index in [1.807, 2.05) is 19.1 Å². The number of nitrogens with zero attached hydrogens (tertiary/aromatic N) is 1. The zero-order valence-electron chi connectivity index (χ0n) is 23.9. The predicted molar refractivity (Wildman–Crippen MR) is 157 cm³/mol. The Morgan fingerprint density at radius 2 is 1.28 bits per heavy atom. The number of carbonyl (C=O) groups excluding carboxylic acids is 2. The van der Waals surface area contributed by atoms with Crippen molar-refractivity contribution in [3.8, 4) is 0 Å². The maximum Gasteiger partial charge on any atom is 0.295 e. The Morgan fingerprint density at radius 3 is 1.82 bits per heavy atom. The van der Waals surface area contributed by atoms with E-state index in [2.05, 4.69) is 6.92 Å². The summed E-state index contributed by atoms with van der Waals surface area (Å²) in [4.78, 5) is 27.6. The van der Waals surface area contributed by atoms with Crippen molar-refractivity contribution >= 4 is 17.4 Å². The smallest absolute Gasteiger partial charge is 0.295 e. The van der Waals surface area contributed by atoms with Crippen molar-refractivity contribution < 1.29 is 19.1 Å². The van der Waals surface area contributed by atoms with Gasteiger partial charge in [-0.3, -0.25) is 9.59 Å². The number of ketones is 1. The lowest BCUT2D eigenvalue weighted by Crippen LogP contribution is -2.31. The zero-order valence-corrected chi connectivity index (χ0v) is 23.9. The summed E-state index contributed by atoms with van der Waals surface area (Å²) >= 11 is 0. The lowest BCUT2D eigenvalue weighted by molar-refractivity contribution is -0.140. The summed E-state index contributed by atoms with van der Waals surface area (Å²) < 4.78 is 14.9. The van der Waals surface area contributed by atoms with Gasteiger partial charge in [0, 0.05) is 17.7 Å². The molecule has 39 heavy (non-hydrogen) atoms. The average Bonchev–Trinajstić information content (AvgIpc) is 3.18. The fourth-order valence-corrected chi connectivity index (χ4v) is 5.47. The van der Waals surface area contributed by atoms with E-state index < -0.39 is 23.5 Å². The highest BCUT2D eigenvalue weighted by Gasteiger charge is 2.46. The first-order valence-electron chi connectivity index (χ1n) is 15.1. The molecule has 4 nitrogen and oxygen atoms in total. The number of unbranched alkanes of at least 4 members (excludes halogenated alkanes) is 13. The van der Waals surface area contributed by atoms with Crippen molar-refractivity contribution in [3.63, 3.8) is 0 Å². The number of rotatable bonds is 17. The Balaban J connectivity index is 1.54. The molecule has 1 N–H and O–H groups in total. The molecule has 0 bridgehead atoms. The second-order valence-electron chi connectivity index (χ2n) is 11.0. The number of hydrogen-bond acceptors (Lipinski definition) is 3. The van der Waals surface area contributed by atoms with Gasteiger partial charge in [-0.2, -0.15) is 0 Å². The Morgan fingerprint density at radius 1 is 0.769 bits per heavy atom. The van der Waals surface area contributed by atoms with Gasteiger partial charge in [-0.1, -0.05) is 138 Å². The Kier molecular flexibility index (Phi) is 12.7.